The van der Waals surface area contributed by atoms with Gasteiger partial charge in [-0.25, -0.2) is 4.79 Å². The molecule has 0 bridgehead atoms. The molecule has 1 fully saturated rings. The molecule has 0 aromatic heterocycles. The van der Waals surface area contributed by atoms with Gasteiger partial charge in [0.05, 0.1) is 29.7 Å². The van der Waals surface area contributed by atoms with E-state index >= 15 is 0 Å². The Morgan fingerprint density at radius 2 is 2.16 bits per heavy atom. The van der Waals surface area contributed by atoms with Crippen LogP contribution in [0.15, 0.2) is 18.2 Å². The summed E-state index contributed by atoms with van der Waals surface area (Å²) in [4.78, 5) is 33.6. The highest BCUT2D eigenvalue weighted by Crippen LogP contribution is 2.28. The van der Waals surface area contributed by atoms with Crippen LogP contribution < -0.4 is 4.90 Å². The predicted octanol–water partition coefficient (Wildman–Crippen LogP) is 0.391. The first-order chi connectivity index (χ1) is 8.90. The summed E-state index contributed by atoms with van der Waals surface area (Å²) in [6.45, 7) is 0.0441. The molecule has 1 saturated heterocycles. The number of hydrogen-bond donors (Lipinski definition) is 2. The van der Waals surface area contributed by atoms with Crippen molar-refractivity contribution in [2.75, 3.05) is 11.4 Å². The molecule has 1 aromatic rings. The van der Waals surface area contributed by atoms with Crippen LogP contribution in [-0.2, 0) is 4.79 Å². The smallest absolute Gasteiger partial charge is 0.342 e. The molecule has 1 atom stereocenters. The number of carbonyl (C=O) groups excluding carboxylic acids is 1. The Bertz CT molecular complexity index is 570. The van der Waals surface area contributed by atoms with Gasteiger partial charge in [-0.3, -0.25) is 14.9 Å². The lowest BCUT2D eigenvalue weighted by Gasteiger charge is -2.15. The van der Waals surface area contributed by atoms with E-state index in [1.807, 2.05) is 0 Å². The second-order valence-electron chi connectivity index (χ2n) is 4.13. The fraction of sp³-hybridized carbons (Fsp3) is 0.273. The molecule has 19 heavy (non-hydrogen) atoms. The van der Waals surface area contributed by atoms with Crippen molar-refractivity contribution in [3.05, 3.63) is 33.9 Å². The highest BCUT2D eigenvalue weighted by atomic mass is 16.6. The topological polar surface area (TPSA) is 121 Å². The van der Waals surface area contributed by atoms with Crippen LogP contribution in [0.1, 0.15) is 16.8 Å². The minimum atomic E-state index is -1.41. The molecule has 2 rings (SSSR count). The van der Waals surface area contributed by atoms with E-state index in [9.17, 15) is 24.8 Å². The van der Waals surface area contributed by atoms with Crippen molar-refractivity contribution in [1.82, 2.24) is 0 Å². The summed E-state index contributed by atoms with van der Waals surface area (Å²) < 4.78 is 0. The van der Waals surface area contributed by atoms with Crippen LogP contribution in [0.5, 0.6) is 0 Å². The van der Waals surface area contributed by atoms with Crippen LogP contribution in [0, 0.1) is 10.1 Å². The lowest BCUT2D eigenvalue weighted by Crippen LogP contribution is -2.25. The normalized spacial score (nSPS) is 18.7. The molecule has 8 heteroatoms. The maximum Gasteiger partial charge on any atom is 0.342 e. The molecular weight excluding hydrogens is 256 g/mol. The van der Waals surface area contributed by atoms with Crippen LogP contribution in [0.2, 0.25) is 0 Å². The number of carboxylic acid groups (broad SMARTS) is 1. The molecule has 1 heterocycles. The molecular formula is C11H10N2O6. The van der Waals surface area contributed by atoms with E-state index in [-0.39, 0.29) is 24.6 Å². The van der Waals surface area contributed by atoms with Gasteiger partial charge in [0.1, 0.15) is 5.56 Å². The number of β-amino-alcohol motifs (C(OH)–C–C–N with tert-alkyl or cyclic N) is 1. The molecule has 0 spiro atoms. The van der Waals surface area contributed by atoms with Gasteiger partial charge in [0.25, 0.3) is 5.69 Å². The maximum atomic E-state index is 11.6. The fourth-order valence-electron chi connectivity index (χ4n) is 1.96. The maximum absolute atomic E-state index is 11.6. The molecule has 0 aliphatic carbocycles. The van der Waals surface area contributed by atoms with Gasteiger partial charge in [-0.15, -0.1) is 0 Å². The van der Waals surface area contributed by atoms with Crippen molar-refractivity contribution < 1.29 is 24.7 Å². The third kappa shape index (κ3) is 2.38. The summed E-state index contributed by atoms with van der Waals surface area (Å²) in [7, 11) is 0. The van der Waals surface area contributed by atoms with Crippen molar-refractivity contribution in [3.63, 3.8) is 0 Å². The van der Waals surface area contributed by atoms with Gasteiger partial charge < -0.3 is 15.1 Å². The molecule has 1 aromatic carbocycles. The molecule has 1 amide bonds. The fourth-order valence-corrected chi connectivity index (χ4v) is 1.96. The van der Waals surface area contributed by atoms with Gasteiger partial charge in [0.15, 0.2) is 0 Å². The summed E-state index contributed by atoms with van der Waals surface area (Å²) in [5.41, 5.74) is -0.821. The summed E-state index contributed by atoms with van der Waals surface area (Å²) in [5.74, 6) is -1.77. The Morgan fingerprint density at radius 3 is 2.63 bits per heavy atom. The number of carboxylic acids is 1. The number of hydrogen-bond acceptors (Lipinski definition) is 5. The van der Waals surface area contributed by atoms with E-state index in [4.69, 9.17) is 5.11 Å². The third-order valence-electron chi connectivity index (χ3n) is 2.82. The van der Waals surface area contributed by atoms with Crippen molar-refractivity contribution in [3.8, 4) is 0 Å². The predicted molar refractivity (Wildman–Crippen MR) is 63.0 cm³/mol. The van der Waals surface area contributed by atoms with Crippen LogP contribution in [0.25, 0.3) is 0 Å². The van der Waals surface area contributed by atoms with Crippen LogP contribution in [-0.4, -0.2) is 39.7 Å². The minimum Gasteiger partial charge on any atom is -0.477 e. The van der Waals surface area contributed by atoms with Crippen molar-refractivity contribution in [2.24, 2.45) is 0 Å². The van der Waals surface area contributed by atoms with Crippen molar-refractivity contribution >= 4 is 23.3 Å². The quantitative estimate of drug-likeness (QED) is 0.603. The van der Waals surface area contributed by atoms with E-state index in [0.717, 1.165) is 12.1 Å². The van der Waals surface area contributed by atoms with E-state index in [1.54, 1.807) is 0 Å². The zero-order valence-electron chi connectivity index (χ0n) is 9.65. The Kier molecular flexibility index (Phi) is 3.17. The molecule has 0 radical (unpaired) electrons. The molecule has 1 aliphatic heterocycles. The van der Waals surface area contributed by atoms with E-state index in [0.29, 0.717) is 0 Å². The molecule has 2 N–H and O–H groups in total. The number of aliphatic hydroxyl groups excluding tert-OH is 1. The number of aromatic carboxylic acids is 1. The Morgan fingerprint density at radius 1 is 1.47 bits per heavy atom. The number of benzene rings is 1. The van der Waals surface area contributed by atoms with Gasteiger partial charge in [0.2, 0.25) is 5.91 Å². The average Bonchev–Trinajstić information content (AvgIpc) is 2.67. The van der Waals surface area contributed by atoms with Crippen LogP contribution >= 0.6 is 0 Å². The number of nitro groups is 1. The highest BCUT2D eigenvalue weighted by Gasteiger charge is 2.31. The number of amides is 1. The van der Waals surface area contributed by atoms with Gasteiger partial charge in [-0.1, -0.05) is 0 Å². The van der Waals surface area contributed by atoms with Gasteiger partial charge in [0, 0.05) is 6.07 Å². The van der Waals surface area contributed by atoms with Gasteiger partial charge >= 0.3 is 5.97 Å². The number of anilines is 1. The first-order valence-electron chi connectivity index (χ1n) is 5.40. The minimum absolute atomic E-state index is 0.0441. The van der Waals surface area contributed by atoms with Gasteiger partial charge in [-0.05, 0) is 12.1 Å². The summed E-state index contributed by atoms with van der Waals surface area (Å²) in [6, 6.07) is 3.42. The molecule has 1 aliphatic rings. The summed E-state index contributed by atoms with van der Waals surface area (Å²) >= 11 is 0. The summed E-state index contributed by atoms with van der Waals surface area (Å²) in [6.07, 6.45) is -0.861. The standard InChI is InChI=1S/C11H10N2O6/c14-7-4-10(15)12(5-7)6-1-2-8(11(16)17)9(3-6)13(18)19/h1-3,7,14H,4-5H2,(H,16,17). The third-order valence-corrected chi connectivity index (χ3v) is 2.82. The van der Waals surface area contributed by atoms with E-state index in [1.165, 1.54) is 11.0 Å². The zero-order chi connectivity index (χ0) is 14.2. The van der Waals surface area contributed by atoms with Gasteiger partial charge in [-0.2, -0.15) is 0 Å². The number of nitrogens with zero attached hydrogens (tertiary/aromatic N) is 2. The molecule has 8 nitrogen and oxygen atoms in total. The van der Waals surface area contributed by atoms with Crippen molar-refractivity contribution in [1.29, 1.82) is 0 Å². The first-order valence-corrected chi connectivity index (χ1v) is 5.40. The Hall–Kier alpha value is -2.48. The van der Waals surface area contributed by atoms with E-state index < -0.39 is 28.2 Å². The second-order valence-corrected chi connectivity index (χ2v) is 4.13. The number of nitro benzene ring substituents is 1. The first kappa shape index (κ1) is 13.0. The van der Waals surface area contributed by atoms with Crippen LogP contribution in [0.3, 0.4) is 0 Å². The molecule has 1 unspecified atom stereocenters. The zero-order valence-corrected chi connectivity index (χ0v) is 9.65. The molecule has 0 saturated carbocycles. The summed E-state index contributed by atoms with van der Waals surface area (Å²) in [5, 5.41) is 29.0. The Balaban J connectivity index is 2.44. The highest BCUT2D eigenvalue weighted by molar-refractivity contribution is 5.98. The number of carbonyl (C=O) groups is 2. The van der Waals surface area contributed by atoms with Crippen LogP contribution in [0.4, 0.5) is 11.4 Å². The lowest BCUT2D eigenvalue weighted by atomic mass is 10.1. The average molecular weight is 266 g/mol. The van der Waals surface area contributed by atoms with E-state index in [2.05, 4.69) is 0 Å². The monoisotopic (exact) mass is 266 g/mol. The second kappa shape index (κ2) is 4.65. The number of rotatable bonds is 3. The lowest BCUT2D eigenvalue weighted by molar-refractivity contribution is -0.385. The largest absolute Gasteiger partial charge is 0.477 e. The Labute approximate surface area is 107 Å². The number of aliphatic hydroxyl groups is 1. The van der Waals surface area contributed by atoms with Crippen molar-refractivity contribution in [2.45, 2.75) is 12.5 Å². The SMILES string of the molecule is O=C(O)c1ccc(N2CC(O)CC2=O)cc1[N+](=O)[O-]. The molecule has 100 valence electrons.